The summed E-state index contributed by atoms with van der Waals surface area (Å²) in [5.74, 6) is 0.0137. The van der Waals surface area contributed by atoms with Gasteiger partial charge in [0.15, 0.2) is 0 Å². The number of nitrogens with zero attached hydrogens (tertiary/aromatic N) is 2. The zero-order valence-corrected chi connectivity index (χ0v) is 8.47. The van der Waals surface area contributed by atoms with Crippen LogP contribution in [0.1, 0.15) is 31.8 Å². The van der Waals surface area contributed by atoms with E-state index in [1.54, 1.807) is 13.8 Å². The standard InChI is InChI=1S/C9H12F3N3/c1-3-8(2,13)7-14-5-4-6(15-7)9(10,11)12/h4-5H,3,13H2,1-2H3. The molecule has 1 atom stereocenters. The van der Waals surface area contributed by atoms with Crippen LogP contribution in [0.2, 0.25) is 0 Å². The van der Waals surface area contributed by atoms with E-state index >= 15 is 0 Å². The van der Waals surface area contributed by atoms with Crippen molar-refractivity contribution in [2.45, 2.75) is 32.0 Å². The molecule has 3 nitrogen and oxygen atoms in total. The van der Waals surface area contributed by atoms with Gasteiger partial charge in [-0.1, -0.05) is 6.92 Å². The average molecular weight is 219 g/mol. The lowest BCUT2D eigenvalue weighted by atomic mass is 9.99. The molecule has 0 aliphatic heterocycles. The normalized spacial score (nSPS) is 16.1. The maximum Gasteiger partial charge on any atom is 0.433 e. The van der Waals surface area contributed by atoms with Gasteiger partial charge in [-0.2, -0.15) is 13.2 Å². The number of nitrogens with two attached hydrogens (primary N) is 1. The second kappa shape index (κ2) is 3.77. The fourth-order valence-corrected chi connectivity index (χ4v) is 0.950. The van der Waals surface area contributed by atoms with Gasteiger partial charge in [0.1, 0.15) is 11.5 Å². The molecule has 1 aromatic rings. The molecule has 84 valence electrons. The van der Waals surface area contributed by atoms with Crippen LogP contribution < -0.4 is 5.73 Å². The molecule has 0 aromatic carbocycles. The summed E-state index contributed by atoms with van der Waals surface area (Å²) in [5.41, 5.74) is 3.87. The summed E-state index contributed by atoms with van der Waals surface area (Å²) in [6, 6.07) is 0.829. The summed E-state index contributed by atoms with van der Waals surface area (Å²) in [7, 11) is 0. The summed E-state index contributed by atoms with van der Waals surface area (Å²) < 4.78 is 37.0. The zero-order valence-electron chi connectivity index (χ0n) is 8.47. The van der Waals surface area contributed by atoms with Gasteiger partial charge in [0.05, 0.1) is 5.54 Å². The highest BCUT2D eigenvalue weighted by molar-refractivity contribution is 5.11. The third kappa shape index (κ3) is 2.65. The number of rotatable bonds is 2. The Morgan fingerprint density at radius 1 is 1.40 bits per heavy atom. The molecule has 2 N–H and O–H groups in total. The Balaban J connectivity index is 3.14. The Morgan fingerprint density at radius 3 is 2.47 bits per heavy atom. The molecule has 0 fully saturated rings. The van der Waals surface area contributed by atoms with E-state index in [4.69, 9.17) is 5.73 Å². The summed E-state index contributed by atoms with van der Waals surface area (Å²) in [6.45, 7) is 3.37. The minimum atomic E-state index is -4.46. The van der Waals surface area contributed by atoms with Crippen molar-refractivity contribution in [1.29, 1.82) is 0 Å². The summed E-state index contributed by atoms with van der Waals surface area (Å²) >= 11 is 0. The molecule has 0 amide bonds. The highest BCUT2D eigenvalue weighted by Crippen LogP contribution is 2.28. The first-order chi connectivity index (χ1) is 6.77. The van der Waals surface area contributed by atoms with Gasteiger partial charge < -0.3 is 5.73 Å². The number of halogens is 3. The maximum absolute atomic E-state index is 12.3. The van der Waals surface area contributed by atoms with Gasteiger partial charge in [-0.25, -0.2) is 9.97 Å². The highest BCUT2D eigenvalue weighted by atomic mass is 19.4. The number of hydrogen-bond donors (Lipinski definition) is 1. The molecule has 0 bridgehead atoms. The minimum absolute atomic E-state index is 0.0137. The van der Waals surface area contributed by atoms with Gasteiger partial charge in [-0.3, -0.25) is 0 Å². The van der Waals surface area contributed by atoms with Crippen LogP contribution in [0, 0.1) is 0 Å². The molecule has 0 saturated heterocycles. The molecular formula is C9H12F3N3. The average Bonchev–Trinajstić information content (AvgIpc) is 2.17. The second-order valence-electron chi connectivity index (χ2n) is 3.53. The predicted octanol–water partition coefficient (Wildman–Crippen LogP) is 2.08. The fraction of sp³-hybridized carbons (Fsp3) is 0.556. The van der Waals surface area contributed by atoms with Crippen LogP contribution in [0.25, 0.3) is 0 Å². The molecule has 0 aliphatic carbocycles. The van der Waals surface area contributed by atoms with Crippen molar-refractivity contribution in [3.63, 3.8) is 0 Å². The summed E-state index contributed by atoms with van der Waals surface area (Å²) in [5, 5.41) is 0. The van der Waals surface area contributed by atoms with Crippen LogP contribution in [0.4, 0.5) is 13.2 Å². The Kier molecular flexibility index (Phi) is 2.99. The highest BCUT2D eigenvalue weighted by Gasteiger charge is 2.34. The largest absolute Gasteiger partial charge is 0.433 e. The smallest absolute Gasteiger partial charge is 0.319 e. The van der Waals surface area contributed by atoms with Crippen LogP contribution in [-0.4, -0.2) is 9.97 Å². The van der Waals surface area contributed by atoms with E-state index in [1.807, 2.05) is 0 Å². The Hall–Kier alpha value is -1.17. The van der Waals surface area contributed by atoms with Crippen molar-refractivity contribution in [2.24, 2.45) is 5.73 Å². The van der Waals surface area contributed by atoms with Crippen molar-refractivity contribution in [3.05, 3.63) is 23.8 Å². The van der Waals surface area contributed by atoms with Crippen LogP contribution >= 0.6 is 0 Å². The van der Waals surface area contributed by atoms with Crippen molar-refractivity contribution in [3.8, 4) is 0 Å². The van der Waals surface area contributed by atoms with Gasteiger partial charge in [0, 0.05) is 6.20 Å². The predicted molar refractivity (Wildman–Crippen MR) is 48.9 cm³/mol. The number of hydrogen-bond acceptors (Lipinski definition) is 3. The third-order valence-corrected chi connectivity index (χ3v) is 2.19. The third-order valence-electron chi connectivity index (χ3n) is 2.19. The first-order valence-electron chi connectivity index (χ1n) is 4.47. The van der Waals surface area contributed by atoms with Crippen LogP contribution in [0.3, 0.4) is 0 Å². The Labute approximate surface area is 85.5 Å². The molecule has 1 heterocycles. The SMILES string of the molecule is CCC(C)(N)c1nccc(C(F)(F)F)n1. The van der Waals surface area contributed by atoms with Crippen LogP contribution in [0.5, 0.6) is 0 Å². The van der Waals surface area contributed by atoms with Crippen molar-refractivity contribution >= 4 is 0 Å². The van der Waals surface area contributed by atoms with Gasteiger partial charge in [0.2, 0.25) is 0 Å². The van der Waals surface area contributed by atoms with E-state index in [0.29, 0.717) is 6.42 Å². The Morgan fingerprint density at radius 2 is 2.00 bits per heavy atom. The lowest BCUT2D eigenvalue weighted by molar-refractivity contribution is -0.141. The van der Waals surface area contributed by atoms with Gasteiger partial charge in [-0.05, 0) is 19.4 Å². The molecule has 1 rings (SSSR count). The molecular weight excluding hydrogens is 207 g/mol. The first kappa shape index (κ1) is 11.9. The number of aromatic nitrogens is 2. The van der Waals surface area contributed by atoms with E-state index in [9.17, 15) is 13.2 Å². The van der Waals surface area contributed by atoms with E-state index in [1.165, 1.54) is 0 Å². The van der Waals surface area contributed by atoms with E-state index in [0.717, 1.165) is 12.3 Å². The lowest BCUT2D eigenvalue weighted by Gasteiger charge is -2.21. The Bertz CT molecular complexity index is 347. The van der Waals surface area contributed by atoms with Gasteiger partial charge in [-0.15, -0.1) is 0 Å². The zero-order chi connectivity index (χ0) is 11.7. The van der Waals surface area contributed by atoms with Crippen LogP contribution in [-0.2, 0) is 11.7 Å². The van der Waals surface area contributed by atoms with E-state index in [2.05, 4.69) is 9.97 Å². The minimum Gasteiger partial charge on any atom is -0.319 e. The summed E-state index contributed by atoms with van der Waals surface area (Å²) in [6.07, 6.45) is -2.91. The molecule has 1 unspecified atom stereocenters. The molecule has 0 spiro atoms. The van der Waals surface area contributed by atoms with Crippen molar-refractivity contribution < 1.29 is 13.2 Å². The molecule has 1 aromatic heterocycles. The fourth-order valence-electron chi connectivity index (χ4n) is 0.950. The molecule has 0 radical (unpaired) electrons. The maximum atomic E-state index is 12.3. The van der Waals surface area contributed by atoms with E-state index < -0.39 is 17.4 Å². The molecule has 6 heteroatoms. The topological polar surface area (TPSA) is 51.8 Å². The molecule has 0 saturated carbocycles. The second-order valence-corrected chi connectivity index (χ2v) is 3.53. The van der Waals surface area contributed by atoms with Crippen molar-refractivity contribution in [2.75, 3.05) is 0 Å². The number of alkyl halides is 3. The van der Waals surface area contributed by atoms with Gasteiger partial charge in [0.25, 0.3) is 0 Å². The first-order valence-corrected chi connectivity index (χ1v) is 4.47. The van der Waals surface area contributed by atoms with Crippen molar-refractivity contribution in [1.82, 2.24) is 9.97 Å². The van der Waals surface area contributed by atoms with Crippen LogP contribution in [0.15, 0.2) is 12.3 Å². The van der Waals surface area contributed by atoms with E-state index in [-0.39, 0.29) is 5.82 Å². The molecule has 0 aliphatic rings. The quantitative estimate of drug-likeness (QED) is 0.828. The molecule has 15 heavy (non-hydrogen) atoms. The summed E-state index contributed by atoms with van der Waals surface area (Å²) in [4.78, 5) is 7.18. The monoisotopic (exact) mass is 219 g/mol. The lowest BCUT2D eigenvalue weighted by Crippen LogP contribution is -2.34. The van der Waals surface area contributed by atoms with Gasteiger partial charge >= 0.3 is 6.18 Å².